The van der Waals surface area contributed by atoms with Crippen LogP contribution < -0.4 is 6.15 Å². The molecular weight excluding hydrogens is 232 g/mol. The Morgan fingerprint density at radius 1 is 0.700 bits per heavy atom. The van der Waals surface area contributed by atoms with Gasteiger partial charge in [0.05, 0.1) is 0 Å². The molecule has 3 N–H and O–H groups in total. The molecule has 63 valence electrons. The van der Waals surface area contributed by atoms with Gasteiger partial charge in [0.1, 0.15) is 0 Å². The molecule has 0 fully saturated rings. The van der Waals surface area contributed by atoms with Crippen LogP contribution in [0.1, 0.15) is 52.4 Å². The van der Waals surface area contributed by atoms with E-state index in [1.54, 1.807) is 0 Å². The fraction of sp³-hybridized carbons (Fsp3) is 1.00. The number of unbranched alkanes of at least 4 members (excludes halogenated alkanes) is 5. The van der Waals surface area contributed by atoms with Crippen LogP contribution in [0.2, 0.25) is 0 Å². The van der Waals surface area contributed by atoms with E-state index in [4.69, 9.17) is 0 Å². The first-order valence-electron chi connectivity index (χ1n) is 3.91. The van der Waals surface area contributed by atoms with Crippen LogP contribution in [0.15, 0.2) is 0 Å². The van der Waals surface area contributed by atoms with Crippen molar-refractivity contribution >= 4 is 24.4 Å². The Kier molecular flexibility index (Phi) is 27.9. The maximum absolute atomic E-state index is 2.26. The predicted molar refractivity (Wildman–Crippen MR) is 49.8 cm³/mol. The van der Waals surface area contributed by atoms with Gasteiger partial charge >= 0.3 is 0 Å². The topological polar surface area (TPSA) is 35.0 Å². The van der Waals surface area contributed by atoms with Crippen LogP contribution in [0, 0.1) is 0 Å². The standard InChI is InChI=1S/C8H18.H3N.Sb/c1-3-5-7-8-6-4-2;;/h3-8H2,1-2H3;1H3;. The monoisotopic (exact) mass is 252 g/mol. The fourth-order valence-corrected chi connectivity index (χ4v) is 0.854. The van der Waals surface area contributed by atoms with Gasteiger partial charge in [-0.15, -0.1) is 0 Å². The second-order valence-electron chi connectivity index (χ2n) is 2.41. The number of hydrogen-bond donors (Lipinski definition) is 1. The van der Waals surface area contributed by atoms with Crippen LogP contribution in [0.4, 0.5) is 0 Å². The van der Waals surface area contributed by atoms with Gasteiger partial charge in [-0.25, -0.2) is 0 Å². The SMILES string of the molecule is CCCCCCCC.N.[Sb]. The summed E-state index contributed by atoms with van der Waals surface area (Å²) in [4.78, 5) is 0. The maximum Gasteiger partial charge on any atom is 0 e. The molecule has 3 radical (unpaired) electrons. The molecule has 0 rings (SSSR count). The van der Waals surface area contributed by atoms with Crippen LogP contribution in [0.5, 0.6) is 0 Å². The Hall–Kier alpha value is 0.778. The third-order valence-corrected chi connectivity index (χ3v) is 1.46. The molecule has 10 heavy (non-hydrogen) atoms. The molecule has 0 aromatic rings. The first-order chi connectivity index (χ1) is 3.91. The van der Waals surface area contributed by atoms with Crippen molar-refractivity contribution in [3.63, 3.8) is 0 Å². The maximum atomic E-state index is 2.26. The molecule has 0 aliphatic heterocycles. The summed E-state index contributed by atoms with van der Waals surface area (Å²) in [5.41, 5.74) is 0. The van der Waals surface area contributed by atoms with E-state index in [-0.39, 0.29) is 30.6 Å². The Balaban J connectivity index is -0.000000245. The normalized spacial score (nSPS) is 7.80. The zero-order valence-electron chi connectivity index (χ0n) is 7.40. The molecule has 0 aromatic heterocycles. The van der Waals surface area contributed by atoms with Gasteiger partial charge in [0.15, 0.2) is 0 Å². The second-order valence-corrected chi connectivity index (χ2v) is 2.41. The first-order valence-corrected chi connectivity index (χ1v) is 3.91. The summed E-state index contributed by atoms with van der Waals surface area (Å²) in [6, 6.07) is 0. The van der Waals surface area contributed by atoms with Crippen molar-refractivity contribution in [2.24, 2.45) is 0 Å². The first kappa shape index (κ1) is 17.0. The van der Waals surface area contributed by atoms with Crippen molar-refractivity contribution in [1.29, 1.82) is 0 Å². The minimum atomic E-state index is 0. The summed E-state index contributed by atoms with van der Waals surface area (Å²) in [5, 5.41) is 0. The van der Waals surface area contributed by atoms with Crippen molar-refractivity contribution in [3.8, 4) is 0 Å². The minimum absolute atomic E-state index is 0. The molecule has 0 saturated heterocycles. The number of rotatable bonds is 5. The summed E-state index contributed by atoms with van der Waals surface area (Å²) in [5.74, 6) is 0. The van der Waals surface area contributed by atoms with Gasteiger partial charge in [-0.1, -0.05) is 52.4 Å². The Morgan fingerprint density at radius 2 is 1.00 bits per heavy atom. The van der Waals surface area contributed by atoms with Gasteiger partial charge in [0.2, 0.25) is 0 Å². The summed E-state index contributed by atoms with van der Waals surface area (Å²) in [6.45, 7) is 4.51. The van der Waals surface area contributed by atoms with Crippen LogP contribution in [0.25, 0.3) is 0 Å². The summed E-state index contributed by atoms with van der Waals surface area (Å²) < 4.78 is 0. The van der Waals surface area contributed by atoms with E-state index >= 15 is 0 Å². The van der Waals surface area contributed by atoms with E-state index in [2.05, 4.69) is 13.8 Å². The van der Waals surface area contributed by atoms with Crippen molar-refractivity contribution in [3.05, 3.63) is 0 Å². The number of hydrogen-bond acceptors (Lipinski definition) is 1. The van der Waals surface area contributed by atoms with Crippen LogP contribution in [-0.4, -0.2) is 24.4 Å². The van der Waals surface area contributed by atoms with E-state index in [1.807, 2.05) is 0 Å². The second kappa shape index (κ2) is 16.4. The summed E-state index contributed by atoms with van der Waals surface area (Å²) in [6.07, 6.45) is 8.49. The van der Waals surface area contributed by atoms with Gasteiger partial charge in [-0.2, -0.15) is 0 Å². The molecule has 0 aliphatic carbocycles. The Morgan fingerprint density at radius 3 is 1.20 bits per heavy atom. The molecule has 0 atom stereocenters. The largest absolute Gasteiger partial charge is 0.344 e. The summed E-state index contributed by atoms with van der Waals surface area (Å²) >= 11 is 0. The predicted octanol–water partition coefficient (Wildman–Crippen LogP) is 3.15. The molecule has 1 nitrogen and oxygen atoms in total. The zero-order chi connectivity index (χ0) is 6.24. The van der Waals surface area contributed by atoms with Crippen LogP contribution in [-0.2, 0) is 0 Å². The fourth-order valence-electron chi connectivity index (χ4n) is 0.854. The molecule has 0 aromatic carbocycles. The quantitative estimate of drug-likeness (QED) is 0.592. The van der Waals surface area contributed by atoms with Crippen LogP contribution >= 0.6 is 0 Å². The van der Waals surface area contributed by atoms with E-state index in [1.165, 1.54) is 38.5 Å². The van der Waals surface area contributed by atoms with Gasteiger partial charge < -0.3 is 6.15 Å². The zero-order valence-corrected chi connectivity index (χ0v) is 9.95. The molecular formula is C8H21NSb. The van der Waals surface area contributed by atoms with Gasteiger partial charge in [0.25, 0.3) is 0 Å². The average Bonchev–Trinajstić information content (AvgIpc) is 1.81. The van der Waals surface area contributed by atoms with Gasteiger partial charge in [-0.3, -0.25) is 0 Å². The molecule has 0 saturated carbocycles. The van der Waals surface area contributed by atoms with Crippen molar-refractivity contribution in [2.45, 2.75) is 52.4 Å². The minimum Gasteiger partial charge on any atom is -0.344 e. The van der Waals surface area contributed by atoms with E-state index in [0.29, 0.717) is 0 Å². The van der Waals surface area contributed by atoms with Crippen molar-refractivity contribution in [1.82, 2.24) is 6.15 Å². The third-order valence-electron chi connectivity index (χ3n) is 1.46. The molecule has 0 heterocycles. The molecule has 0 bridgehead atoms. The van der Waals surface area contributed by atoms with E-state index in [9.17, 15) is 0 Å². The van der Waals surface area contributed by atoms with Crippen LogP contribution in [0.3, 0.4) is 0 Å². The van der Waals surface area contributed by atoms with Gasteiger partial charge in [-0.05, 0) is 0 Å². The molecule has 0 amide bonds. The van der Waals surface area contributed by atoms with Gasteiger partial charge in [0, 0.05) is 24.4 Å². The van der Waals surface area contributed by atoms with Crippen molar-refractivity contribution in [2.75, 3.05) is 0 Å². The molecule has 2 heteroatoms. The third kappa shape index (κ3) is 15.9. The molecule has 0 aliphatic rings. The average molecular weight is 253 g/mol. The van der Waals surface area contributed by atoms with E-state index < -0.39 is 0 Å². The van der Waals surface area contributed by atoms with E-state index in [0.717, 1.165) is 0 Å². The smallest absolute Gasteiger partial charge is 0 e. The van der Waals surface area contributed by atoms with Crippen molar-refractivity contribution < 1.29 is 0 Å². The summed E-state index contributed by atoms with van der Waals surface area (Å²) in [7, 11) is 0. The Labute approximate surface area is 83.0 Å². The molecule has 0 spiro atoms. The Bertz CT molecular complexity index is 34.2. The molecule has 0 unspecified atom stereocenters.